The third-order valence-electron chi connectivity index (χ3n) is 1.94. The highest BCUT2D eigenvalue weighted by atomic mass is 19.2. The van der Waals surface area contributed by atoms with Gasteiger partial charge in [-0.2, -0.15) is 4.39 Å². The second-order valence-corrected chi connectivity index (χ2v) is 2.99. The molecule has 14 heavy (non-hydrogen) atoms. The summed E-state index contributed by atoms with van der Waals surface area (Å²) >= 11 is 0. The Kier molecular flexibility index (Phi) is 3.83. The second kappa shape index (κ2) is 4.91. The van der Waals surface area contributed by atoms with Crippen molar-refractivity contribution in [3.05, 3.63) is 29.3 Å². The number of hydrogen-bond acceptors (Lipinski definition) is 2. The maximum absolute atomic E-state index is 13.0. The van der Waals surface area contributed by atoms with E-state index in [1.165, 1.54) is 19.2 Å². The van der Waals surface area contributed by atoms with E-state index in [9.17, 15) is 8.78 Å². The molecule has 0 aliphatic carbocycles. The van der Waals surface area contributed by atoms with E-state index in [1.54, 1.807) is 0 Å². The van der Waals surface area contributed by atoms with E-state index in [0.717, 1.165) is 6.42 Å². The van der Waals surface area contributed by atoms with E-state index >= 15 is 0 Å². The van der Waals surface area contributed by atoms with Crippen LogP contribution in [0.1, 0.15) is 12.0 Å². The molecule has 0 aliphatic heterocycles. The van der Waals surface area contributed by atoms with Crippen LogP contribution in [0.5, 0.6) is 5.75 Å². The Morgan fingerprint density at radius 1 is 1.36 bits per heavy atom. The normalized spacial score (nSPS) is 10.3. The Morgan fingerprint density at radius 3 is 2.64 bits per heavy atom. The molecular weight excluding hydrogens is 188 g/mol. The quantitative estimate of drug-likeness (QED) is 0.807. The van der Waals surface area contributed by atoms with E-state index in [0.29, 0.717) is 18.5 Å². The molecule has 4 heteroatoms. The molecule has 1 aromatic carbocycles. The smallest absolute Gasteiger partial charge is 0.200 e. The van der Waals surface area contributed by atoms with Crippen LogP contribution in [0.3, 0.4) is 0 Å². The largest absolute Gasteiger partial charge is 0.494 e. The Bertz CT molecular complexity index is 315. The van der Waals surface area contributed by atoms with Gasteiger partial charge in [0.2, 0.25) is 5.82 Å². The number of hydrogen-bond donors (Lipinski definition) is 1. The highest BCUT2D eigenvalue weighted by molar-refractivity contribution is 5.31. The zero-order valence-corrected chi connectivity index (χ0v) is 8.02. The van der Waals surface area contributed by atoms with Gasteiger partial charge in [0, 0.05) is 0 Å². The molecule has 0 heterocycles. The van der Waals surface area contributed by atoms with Crippen molar-refractivity contribution in [1.82, 2.24) is 0 Å². The predicted octanol–water partition coefficient (Wildman–Crippen LogP) is 1.86. The molecule has 0 bridgehead atoms. The first kappa shape index (κ1) is 10.9. The maximum Gasteiger partial charge on any atom is 0.200 e. The van der Waals surface area contributed by atoms with Gasteiger partial charge in [-0.1, -0.05) is 0 Å². The third-order valence-corrected chi connectivity index (χ3v) is 1.94. The van der Waals surface area contributed by atoms with Gasteiger partial charge in [-0.3, -0.25) is 0 Å². The number of rotatable bonds is 4. The molecule has 0 amide bonds. The summed E-state index contributed by atoms with van der Waals surface area (Å²) < 4.78 is 30.6. The number of aryl methyl sites for hydroxylation is 1. The molecule has 0 atom stereocenters. The molecule has 0 unspecified atom stereocenters. The Hall–Kier alpha value is -1.16. The van der Waals surface area contributed by atoms with Crippen LogP contribution < -0.4 is 10.5 Å². The van der Waals surface area contributed by atoms with Gasteiger partial charge in [-0.25, -0.2) is 4.39 Å². The standard InChI is InChI=1S/C10H13F2NO/c1-14-9-6-7(3-2-4-13)5-8(11)10(9)12/h5-6H,2-4,13H2,1H3. The van der Waals surface area contributed by atoms with Crippen molar-refractivity contribution < 1.29 is 13.5 Å². The molecule has 1 rings (SSSR count). The Morgan fingerprint density at radius 2 is 2.07 bits per heavy atom. The van der Waals surface area contributed by atoms with Gasteiger partial charge < -0.3 is 10.5 Å². The lowest BCUT2D eigenvalue weighted by Gasteiger charge is -2.06. The number of halogens is 2. The van der Waals surface area contributed by atoms with Gasteiger partial charge in [-0.15, -0.1) is 0 Å². The summed E-state index contributed by atoms with van der Waals surface area (Å²) in [4.78, 5) is 0. The monoisotopic (exact) mass is 201 g/mol. The van der Waals surface area contributed by atoms with E-state index in [4.69, 9.17) is 10.5 Å². The molecule has 0 spiro atoms. The molecule has 0 fully saturated rings. The van der Waals surface area contributed by atoms with Crippen LogP contribution in [0.4, 0.5) is 8.78 Å². The van der Waals surface area contributed by atoms with Crippen molar-refractivity contribution in [3.8, 4) is 5.75 Å². The minimum Gasteiger partial charge on any atom is -0.494 e. The average molecular weight is 201 g/mol. The van der Waals surface area contributed by atoms with Crippen LogP contribution in [0.2, 0.25) is 0 Å². The van der Waals surface area contributed by atoms with Crippen molar-refractivity contribution >= 4 is 0 Å². The topological polar surface area (TPSA) is 35.2 Å². The Balaban J connectivity index is 2.91. The second-order valence-electron chi connectivity index (χ2n) is 2.99. The first-order chi connectivity index (χ1) is 6.69. The van der Waals surface area contributed by atoms with Gasteiger partial charge in [-0.05, 0) is 37.1 Å². The fourth-order valence-corrected chi connectivity index (χ4v) is 1.22. The minimum atomic E-state index is -0.941. The van der Waals surface area contributed by atoms with Gasteiger partial charge in [0.05, 0.1) is 7.11 Å². The molecule has 78 valence electrons. The molecule has 2 nitrogen and oxygen atoms in total. The van der Waals surface area contributed by atoms with Crippen LogP contribution >= 0.6 is 0 Å². The van der Waals surface area contributed by atoms with Crippen LogP contribution in [0.25, 0.3) is 0 Å². The van der Waals surface area contributed by atoms with Crippen LogP contribution in [-0.4, -0.2) is 13.7 Å². The number of benzene rings is 1. The average Bonchev–Trinajstić information content (AvgIpc) is 2.19. The fraction of sp³-hybridized carbons (Fsp3) is 0.400. The lowest BCUT2D eigenvalue weighted by Crippen LogP contribution is -2.01. The first-order valence-electron chi connectivity index (χ1n) is 4.41. The lowest BCUT2D eigenvalue weighted by atomic mass is 10.1. The van der Waals surface area contributed by atoms with E-state index in [2.05, 4.69) is 0 Å². The highest BCUT2D eigenvalue weighted by Gasteiger charge is 2.10. The first-order valence-corrected chi connectivity index (χ1v) is 4.41. The summed E-state index contributed by atoms with van der Waals surface area (Å²) in [5.74, 6) is -1.88. The summed E-state index contributed by atoms with van der Waals surface area (Å²) in [5, 5.41) is 0. The molecule has 2 N–H and O–H groups in total. The van der Waals surface area contributed by atoms with Crippen molar-refractivity contribution in [2.45, 2.75) is 12.8 Å². The summed E-state index contributed by atoms with van der Waals surface area (Å²) in [6.45, 7) is 0.529. The SMILES string of the molecule is COc1cc(CCCN)cc(F)c1F. The molecule has 0 aromatic heterocycles. The Labute approximate surface area is 81.7 Å². The van der Waals surface area contributed by atoms with E-state index in [-0.39, 0.29) is 5.75 Å². The number of ether oxygens (including phenoxy) is 1. The van der Waals surface area contributed by atoms with Crippen LogP contribution in [0, 0.1) is 11.6 Å². The molecular formula is C10H13F2NO. The van der Waals surface area contributed by atoms with Crippen molar-refractivity contribution in [2.75, 3.05) is 13.7 Å². The molecule has 0 radical (unpaired) electrons. The highest BCUT2D eigenvalue weighted by Crippen LogP contribution is 2.22. The van der Waals surface area contributed by atoms with Gasteiger partial charge >= 0.3 is 0 Å². The summed E-state index contributed by atoms with van der Waals surface area (Å²) in [6, 6.07) is 2.67. The van der Waals surface area contributed by atoms with Crippen molar-refractivity contribution in [1.29, 1.82) is 0 Å². The van der Waals surface area contributed by atoms with E-state index in [1.807, 2.05) is 0 Å². The molecule has 1 aromatic rings. The van der Waals surface area contributed by atoms with Crippen molar-refractivity contribution in [2.24, 2.45) is 5.73 Å². The molecule has 0 aliphatic rings. The lowest BCUT2D eigenvalue weighted by molar-refractivity contribution is 0.371. The van der Waals surface area contributed by atoms with Gasteiger partial charge in [0.1, 0.15) is 0 Å². The zero-order valence-electron chi connectivity index (χ0n) is 8.02. The predicted molar refractivity (Wildman–Crippen MR) is 50.3 cm³/mol. The van der Waals surface area contributed by atoms with E-state index < -0.39 is 11.6 Å². The van der Waals surface area contributed by atoms with Crippen LogP contribution in [-0.2, 0) is 6.42 Å². The fourth-order valence-electron chi connectivity index (χ4n) is 1.22. The minimum absolute atomic E-state index is 0.0583. The molecule has 0 saturated carbocycles. The van der Waals surface area contributed by atoms with Crippen LogP contribution in [0.15, 0.2) is 12.1 Å². The molecule has 0 saturated heterocycles. The van der Waals surface area contributed by atoms with Crippen molar-refractivity contribution in [3.63, 3.8) is 0 Å². The van der Waals surface area contributed by atoms with Gasteiger partial charge in [0.15, 0.2) is 11.6 Å². The zero-order chi connectivity index (χ0) is 10.6. The van der Waals surface area contributed by atoms with Gasteiger partial charge in [0.25, 0.3) is 0 Å². The third kappa shape index (κ3) is 2.42. The summed E-state index contributed by atoms with van der Waals surface area (Å²) in [7, 11) is 1.31. The summed E-state index contributed by atoms with van der Waals surface area (Å²) in [5.41, 5.74) is 6.02. The number of methoxy groups -OCH3 is 1. The maximum atomic E-state index is 13.0. The number of nitrogens with two attached hydrogens (primary N) is 1. The summed E-state index contributed by atoms with van der Waals surface area (Å²) in [6.07, 6.45) is 1.37.